The van der Waals surface area contributed by atoms with Gasteiger partial charge in [-0.2, -0.15) is 0 Å². The fraction of sp³-hybridized carbons (Fsp3) is 0.714. The Morgan fingerprint density at radius 1 is 1.40 bits per heavy atom. The van der Waals surface area contributed by atoms with Gasteiger partial charge in [0.1, 0.15) is 12.7 Å². The molecule has 0 saturated heterocycles. The van der Waals surface area contributed by atoms with Gasteiger partial charge in [-0.15, -0.1) is 0 Å². The lowest BCUT2D eigenvalue weighted by Crippen LogP contribution is -2.30. The minimum absolute atomic E-state index is 0.125. The van der Waals surface area contributed by atoms with Gasteiger partial charge in [-0.1, -0.05) is 13.3 Å². The second kappa shape index (κ2) is 6.09. The van der Waals surface area contributed by atoms with E-state index >= 15 is 0 Å². The Morgan fingerprint density at radius 3 is 2.33 bits per heavy atom. The minimum Gasteiger partial charge on any atom is -0.385 e. The summed E-state index contributed by atoms with van der Waals surface area (Å²) in [6, 6.07) is 0. The molecule has 0 bridgehead atoms. The summed E-state index contributed by atoms with van der Waals surface area (Å²) in [6.45, 7) is 0.691. The molecule has 8 heteroatoms. The Morgan fingerprint density at radius 2 is 1.93 bits per heavy atom. The van der Waals surface area contributed by atoms with Gasteiger partial charge in [-0.25, -0.2) is 4.57 Å². The smallest absolute Gasteiger partial charge is 0.385 e. The third kappa shape index (κ3) is 6.48. The predicted octanol–water partition coefficient (Wildman–Crippen LogP) is -0.605. The fourth-order valence-corrected chi connectivity index (χ4v) is 1.09. The number of rotatable bonds is 7. The van der Waals surface area contributed by atoms with E-state index in [2.05, 4.69) is 4.52 Å². The molecule has 1 atom stereocenters. The molecule has 0 aliphatic rings. The summed E-state index contributed by atoms with van der Waals surface area (Å²) in [5, 5.41) is 9.10. The van der Waals surface area contributed by atoms with Crippen molar-refractivity contribution in [3.8, 4) is 0 Å². The predicted molar refractivity (Wildman–Crippen MR) is 48.9 cm³/mol. The number of Topliss-reactive ketones (excluding diaryl/α,β-unsaturated/α-hetero) is 2. The largest absolute Gasteiger partial charge is 0.470 e. The summed E-state index contributed by atoms with van der Waals surface area (Å²) >= 11 is 0. The van der Waals surface area contributed by atoms with Crippen LogP contribution in [0.15, 0.2) is 0 Å². The first-order valence-corrected chi connectivity index (χ1v) is 5.76. The van der Waals surface area contributed by atoms with E-state index in [0.717, 1.165) is 0 Å². The van der Waals surface area contributed by atoms with Gasteiger partial charge in [0.2, 0.25) is 11.6 Å². The molecule has 0 aromatic heterocycles. The van der Waals surface area contributed by atoms with Gasteiger partial charge >= 0.3 is 7.82 Å². The summed E-state index contributed by atoms with van der Waals surface area (Å²) in [5.74, 6) is -2.25. The lowest BCUT2D eigenvalue weighted by molar-refractivity contribution is -0.143. The van der Waals surface area contributed by atoms with E-state index < -0.39 is 32.1 Å². The van der Waals surface area contributed by atoms with E-state index in [-0.39, 0.29) is 6.42 Å². The van der Waals surface area contributed by atoms with Crippen molar-refractivity contribution in [3.05, 3.63) is 0 Å². The highest BCUT2D eigenvalue weighted by molar-refractivity contribution is 7.46. The second-order valence-corrected chi connectivity index (χ2v) is 4.10. The number of phosphoric acid groups is 1. The first-order chi connectivity index (χ1) is 6.78. The molecule has 0 spiro atoms. The molecule has 0 rings (SSSR count). The molecule has 0 fully saturated rings. The number of carbonyl (C=O) groups excluding carboxylic acids is 2. The van der Waals surface area contributed by atoms with E-state index in [1.807, 2.05) is 0 Å². The van der Waals surface area contributed by atoms with Gasteiger partial charge < -0.3 is 14.9 Å². The fourth-order valence-electron chi connectivity index (χ4n) is 0.804. The van der Waals surface area contributed by atoms with Crippen molar-refractivity contribution in [2.24, 2.45) is 0 Å². The van der Waals surface area contributed by atoms with Crippen molar-refractivity contribution in [3.63, 3.8) is 0 Å². The number of phosphoric ester groups is 1. The third-order valence-electron chi connectivity index (χ3n) is 1.50. The van der Waals surface area contributed by atoms with E-state index in [1.54, 1.807) is 6.92 Å². The van der Waals surface area contributed by atoms with E-state index in [1.165, 1.54) is 0 Å². The van der Waals surface area contributed by atoms with Crippen molar-refractivity contribution >= 4 is 19.4 Å². The molecule has 0 aliphatic carbocycles. The quantitative estimate of drug-likeness (QED) is 0.401. The molecule has 0 aromatic rings. The molecule has 0 amide bonds. The number of hydrogen-bond acceptors (Lipinski definition) is 5. The molecule has 0 radical (unpaired) electrons. The van der Waals surface area contributed by atoms with Crippen LogP contribution in [0.1, 0.15) is 19.8 Å². The van der Waals surface area contributed by atoms with Crippen LogP contribution < -0.4 is 0 Å². The SMILES string of the molecule is CCCC(O)C(=O)C(=O)COP(=O)(O)O. The molecule has 15 heavy (non-hydrogen) atoms. The molecule has 0 saturated carbocycles. The van der Waals surface area contributed by atoms with E-state index in [4.69, 9.17) is 14.9 Å². The van der Waals surface area contributed by atoms with Crippen LogP contribution in [0.25, 0.3) is 0 Å². The minimum atomic E-state index is -4.76. The molecular formula is C7H13O7P. The molecule has 3 N–H and O–H groups in total. The average Bonchev–Trinajstić information content (AvgIpc) is 2.12. The highest BCUT2D eigenvalue weighted by Gasteiger charge is 2.25. The topological polar surface area (TPSA) is 121 Å². The normalized spacial score (nSPS) is 13.6. The van der Waals surface area contributed by atoms with E-state index in [0.29, 0.717) is 6.42 Å². The summed E-state index contributed by atoms with van der Waals surface area (Å²) in [4.78, 5) is 38.5. The van der Waals surface area contributed by atoms with Crippen LogP contribution in [0.4, 0.5) is 0 Å². The monoisotopic (exact) mass is 240 g/mol. The lowest BCUT2D eigenvalue weighted by atomic mass is 10.1. The average molecular weight is 240 g/mol. The number of hydrogen-bond donors (Lipinski definition) is 3. The molecular weight excluding hydrogens is 227 g/mol. The van der Waals surface area contributed by atoms with Gasteiger partial charge in [0, 0.05) is 0 Å². The zero-order valence-corrected chi connectivity index (χ0v) is 9.01. The third-order valence-corrected chi connectivity index (χ3v) is 1.97. The number of aliphatic hydroxyl groups is 1. The zero-order chi connectivity index (χ0) is 12.1. The Hall–Kier alpha value is -0.590. The van der Waals surface area contributed by atoms with Crippen LogP contribution >= 0.6 is 7.82 Å². The maximum absolute atomic E-state index is 11.0. The van der Waals surface area contributed by atoms with Crippen LogP contribution in [0.3, 0.4) is 0 Å². The molecule has 0 aromatic carbocycles. The van der Waals surface area contributed by atoms with Crippen molar-refractivity contribution in [2.45, 2.75) is 25.9 Å². The number of ketones is 2. The Balaban J connectivity index is 4.11. The molecule has 0 heterocycles. The van der Waals surface area contributed by atoms with Gasteiger partial charge in [0.15, 0.2) is 0 Å². The summed E-state index contributed by atoms with van der Waals surface area (Å²) in [5.41, 5.74) is 0. The van der Waals surface area contributed by atoms with Crippen LogP contribution in [-0.2, 0) is 18.7 Å². The molecule has 1 unspecified atom stereocenters. The van der Waals surface area contributed by atoms with Gasteiger partial charge in [0.05, 0.1) is 0 Å². The van der Waals surface area contributed by atoms with Gasteiger partial charge in [-0.05, 0) is 6.42 Å². The van der Waals surface area contributed by atoms with Crippen LogP contribution in [0.5, 0.6) is 0 Å². The number of aliphatic hydroxyl groups excluding tert-OH is 1. The summed E-state index contributed by atoms with van der Waals surface area (Å²) < 4.78 is 14.0. The Bertz CT molecular complexity index is 281. The first kappa shape index (κ1) is 14.4. The molecule has 0 aliphatic heterocycles. The van der Waals surface area contributed by atoms with E-state index in [9.17, 15) is 14.2 Å². The lowest BCUT2D eigenvalue weighted by Gasteiger charge is -2.07. The number of carbonyl (C=O) groups is 2. The Labute approximate surface area is 86.3 Å². The summed E-state index contributed by atoms with van der Waals surface area (Å²) in [7, 11) is -4.76. The first-order valence-electron chi connectivity index (χ1n) is 4.23. The van der Waals surface area contributed by atoms with Crippen LogP contribution in [0.2, 0.25) is 0 Å². The van der Waals surface area contributed by atoms with Crippen molar-refractivity contribution in [1.29, 1.82) is 0 Å². The van der Waals surface area contributed by atoms with Gasteiger partial charge in [-0.3, -0.25) is 14.1 Å². The second-order valence-electron chi connectivity index (χ2n) is 2.86. The summed E-state index contributed by atoms with van der Waals surface area (Å²) in [6.07, 6.45) is -0.789. The maximum atomic E-state index is 11.0. The zero-order valence-electron chi connectivity index (χ0n) is 8.12. The maximum Gasteiger partial charge on any atom is 0.470 e. The molecule has 7 nitrogen and oxygen atoms in total. The molecule has 88 valence electrons. The highest BCUT2D eigenvalue weighted by atomic mass is 31.2. The Kier molecular flexibility index (Phi) is 5.85. The van der Waals surface area contributed by atoms with Crippen molar-refractivity contribution < 1.29 is 33.6 Å². The van der Waals surface area contributed by atoms with Crippen molar-refractivity contribution in [2.75, 3.05) is 6.61 Å². The van der Waals surface area contributed by atoms with Crippen LogP contribution in [-0.4, -0.2) is 39.2 Å². The highest BCUT2D eigenvalue weighted by Crippen LogP contribution is 2.35. The van der Waals surface area contributed by atoms with Crippen LogP contribution in [0, 0.1) is 0 Å². The standard InChI is InChI=1S/C7H13O7P/c1-2-3-5(8)7(10)6(9)4-14-15(11,12)13/h5,8H,2-4H2,1H3,(H2,11,12,13). The van der Waals surface area contributed by atoms with Gasteiger partial charge in [0.25, 0.3) is 0 Å². The van der Waals surface area contributed by atoms with Crippen molar-refractivity contribution in [1.82, 2.24) is 0 Å².